The lowest BCUT2D eigenvalue weighted by molar-refractivity contribution is -0.144. The lowest BCUT2D eigenvalue weighted by atomic mass is 10.1. The molecule has 0 saturated heterocycles. The zero-order valence-corrected chi connectivity index (χ0v) is 17.9. The first-order chi connectivity index (χ1) is 14.8. The normalized spacial score (nSPS) is 11.5. The third-order valence-electron chi connectivity index (χ3n) is 4.25. The van der Waals surface area contributed by atoms with Crippen LogP contribution in [0.15, 0.2) is 64.5 Å². The van der Waals surface area contributed by atoms with Crippen molar-refractivity contribution in [3.8, 4) is 17.0 Å². The molecular formula is C22H22N2O6S. The van der Waals surface area contributed by atoms with E-state index in [-0.39, 0.29) is 6.61 Å². The van der Waals surface area contributed by atoms with E-state index < -0.39 is 22.5 Å². The molecule has 0 amide bonds. The van der Waals surface area contributed by atoms with Crippen molar-refractivity contribution in [2.24, 2.45) is 0 Å². The number of aromatic nitrogens is 1. The van der Waals surface area contributed by atoms with Gasteiger partial charge in [0.2, 0.25) is 10.0 Å². The fraction of sp³-hybridized carbons (Fsp3) is 0.182. The van der Waals surface area contributed by atoms with Crippen LogP contribution in [0.5, 0.6) is 5.75 Å². The highest BCUT2D eigenvalue weighted by Crippen LogP contribution is 2.22. The molecule has 0 radical (unpaired) electrons. The number of rotatable bonds is 9. The second-order valence-electron chi connectivity index (χ2n) is 6.65. The summed E-state index contributed by atoms with van der Waals surface area (Å²) in [6.07, 6.45) is 1.45. The number of sulfonamides is 1. The number of carbonyl (C=O) groups excluding carboxylic acids is 1. The topological polar surface area (TPSA) is 108 Å². The van der Waals surface area contributed by atoms with Gasteiger partial charge in [-0.3, -0.25) is 4.79 Å². The molecule has 0 aliphatic heterocycles. The van der Waals surface area contributed by atoms with Crippen molar-refractivity contribution in [1.29, 1.82) is 0 Å². The monoisotopic (exact) mass is 442 g/mol. The van der Waals surface area contributed by atoms with Crippen molar-refractivity contribution < 1.29 is 27.2 Å². The van der Waals surface area contributed by atoms with Crippen molar-refractivity contribution in [3.05, 3.63) is 76.9 Å². The van der Waals surface area contributed by atoms with Gasteiger partial charge in [0.05, 0.1) is 7.11 Å². The molecule has 9 heteroatoms. The minimum Gasteiger partial charge on any atom is -0.497 e. The van der Waals surface area contributed by atoms with Gasteiger partial charge in [0.15, 0.2) is 12.4 Å². The molecule has 0 fully saturated rings. The number of methoxy groups -OCH3 is 1. The highest BCUT2D eigenvalue weighted by Gasteiger charge is 2.12. The summed E-state index contributed by atoms with van der Waals surface area (Å²) in [6.45, 7) is 1.28. The van der Waals surface area contributed by atoms with Gasteiger partial charge in [-0.05, 0) is 42.8 Å². The molecule has 0 spiro atoms. The number of hydrogen-bond acceptors (Lipinski definition) is 7. The van der Waals surface area contributed by atoms with E-state index in [0.29, 0.717) is 11.5 Å². The molecule has 31 heavy (non-hydrogen) atoms. The second-order valence-corrected chi connectivity index (χ2v) is 8.30. The maximum Gasteiger partial charge on any atom is 0.321 e. The van der Waals surface area contributed by atoms with Crippen LogP contribution in [0.4, 0.5) is 0 Å². The van der Waals surface area contributed by atoms with E-state index in [1.807, 2.05) is 31.2 Å². The molecule has 0 aliphatic rings. The minimum absolute atomic E-state index is 0.164. The second kappa shape index (κ2) is 10.1. The van der Waals surface area contributed by atoms with E-state index in [2.05, 4.69) is 9.88 Å². The van der Waals surface area contributed by atoms with Crippen LogP contribution < -0.4 is 9.46 Å². The Kier molecular flexibility index (Phi) is 7.22. The van der Waals surface area contributed by atoms with Gasteiger partial charge in [0.25, 0.3) is 0 Å². The molecule has 8 nitrogen and oxygen atoms in total. The van der Waals surface area contributed by atoms with E-state index in [4.69, 9.17) is 14.0 Å². The summed E-state index contributed by atoms with van der Waals surface area (Å²) in [5.41, 5.74) is 3.20. The van der Waals surface area contributed by atoms with Crippen LogP contribution in [-0.4, -0.2) is 33.2 Å². The molecule has 1 aromatic heterocycles. The molecule has 0 atom stereocenters. The average Bonchev–Trinajstić information content (AvgIpc) is 3.25. The number of hydrogen-bond donors (Lipinski definition) is 1. The fourth-order valence-corrected chi connectivity index (χ4v) is 3.29. The standard InChI is InChI=1S/C22H22N2O6S/c1-16-3-5-17(6-4-16)11-12-31(26,27)23-14-22(25)29-15-20-13-21(24-30-20)18-7-9-19(28-2)10-8-18/h3-13,23H,14-15H2,1-2H3/b12-11+. The number of carbonyl (C=O) groups is 1. The Bertz CT molecular complexity index is 1150. The molecule has 0 unspecified atom stereocenters. The summed E-state index contributed by atoms with van der Waals surface area (Å²) in [5.74, 6) is 0.313. The summed E-state index contributed by atoms with van der Waals surface area (Å²) in [7, 11) is -2.20. The van der Waals surface area contributed by atoms with Crippen molar-refractivity contribution in [2.75, 3.05) is 13.7 Å². The van der Waals surface area contributed by atoms with Crippen molar-refractivity contribution in [2.45, 2.75) is 13.5 Å². The van der Waals surface area contributed by atoms with E-state index in [0.717, 1.165) is 27.8 Å². The molecule has 3 aromatic rings. The Morgan fingerprint density at radius 1 is 1.13 bits per heavy atom. The van der Waals surface area contributed by atoms with Crippen LogP contribution in [0.25, 0.3) is 17.3 Å². The maximum atomic E-state index is 12.0. The molecule has 0 aliphatic carbocycles. The largest absolute Gasteiger partial charge is 0.497 e. The number of aryl methyl sites for hydroxylation is 1. The van der Waals surface area contributed by atoms with Gasteiger partial charge < -0.3 is 14.0 Å². The predicted octanol–water partition coefficient (Wildman–Crippen LogP) is 3.29. The van der Waals surface area contributed by atoms with E-state index in [9.17, 15) is 13.2 Å². The Hall–Kier alpha value is -3.43. The summed E-state index contributed by atoms with van der Waals surface area (Å²) in [4.78, 5) is 11.9. The molecule has 1 N–H and O–H groups in total. The van der Waals surface area contributed by atoms with Crippen LogP contribution >= 0.6 is 0 Å². The molecule has 0 bridgehead atoms. The maximum absolute atomic E-state index is 12.0. The third-order valence-corrected chi connectivity index (χ3v) is 5.30. The van der Waals surface area contributed by atoms with Crippen LogP contribution in [0.2, 0.25) is 0 Å². The van der Waals surface area contributed by atoms with Crippen molar-refractivity contribution in [3.63, 3.8) is 0 Å². The first kappa shape index (κ1) is 22.3. The highest BCUT2D eigenvalue weighted by atomic mass is 32.2. The Morgan fingerprint density at radius 3 is 2.52 bits per heavy atom. The van der Waals surface area contributed by atoms with Gasteiger partial charge in [0, 0.05) is 17.0 Å². The molecule has 3 rings (SSSR count). The quantitative estimate of drug-likeness (QED) is 0.507. The van der Waals surface area contributed by atoms with Crippen LogP contribution in [0.1, 0.15) is 16.9 Å². The SMILES string of the molecule is COc1ccc(-c2cc(COC(=O)CNS(=O)(=O)/C=C/c3ccc(C)cc3)on2)cc1. The highest BCUT2D eigenvalue weighted by molar-refractivity contribution is 7.92. The number of nitrogens with zero attached hydrogens (tertiary/aromatic N) is 1. The van der Waals surface area contributed by atoms with Gasteiger partial charge in [-0.15, -0.1) is 0 Å². The third kappa shape index (κ3) is 6.80. The zero-order valence-electron chi connectivity index (χ0n) is 17.1. The minimum atomic E-state index is -3.78. The first-order valence-corrected chi connectivity index (χ1v) is 10.9. The molecule has 1 heterocycles. The van der Waals surface area contributed by atoms with Gasteiger partial charge in [0.1, 0.15) is 18.0 Å². The number of esters is 1. The molecule has 0 saturated carbocycles. The van der Waals surface area contributed by atoms with E-state index in [1.54, 1.807) is 37.4 Å². The van der Waals surface area contributed by atoms with Gasteiger partial charge in [-0.2, -0.15) is 0 Å². The molecular weight excluding hydrogens is 420 g/mol. The summed E-state index contributed by atoms with van der Waals surface area (Å²) in [6, 6.07) is 16.2. The van der Waals surface area contributed by atoms with Crippen molar-refractivity contribution in [1.82, 2.24) is 9.88 Å². The zero-order chi connectivity index (χ0) is 22.3. The summed E-state index contributed by atoms with van der Waals surface area (Å²) in [5, 5.41) is 4.94. The summed E-state index contributed by atoms with van der Waals surface area (Å²) >= 11 is 0. The first-order valence-electron chi connectivity index (χ1n) is 9.35. The number of nitrogens with one attached hydrogen (secondary N) is 1. The Morgan fingerprint density at radius 2 is 1.84 bits per heavy atom. The molecule has 2 aromatic carbocycles. The summed E-state index contributed by atoms with van der Waals surface area (Å²) < 4.78 is 41.5. The van der Waals surface area contributed by atoms with Gasteiger partial charge in [-0.25, -0.2) is 13.1 Å². The van der Waals surface area contributed by atoms with Crippen molar-refractivity contribution >= 4 is 22.1 Å². The number of ether oxygens (including phenoxy) is 2. The smallest absolute Gasteiger partial charge is 0.321 e. The van der Waals surface area contributed by atoms with Gasteiger partial charge in [-0.1, -0.05) is 35.0 Å². The number of benzene rings is 2. The van der Waals surface area contributed by atoms with Crippen LogP contribution in [-0.2, 0) is 26.2 Å². The Balaban J connectivity index is 1.47. The lowest BCUT2D eigenvalue weighted by Gasteiger charge is -2.03. The van der Waals surface area contributed by atoms with Crippen LogP contribution in [0, 0.1) is 6.92 Å². The Labute approximate surface area is 180 Å². The van der Waals surface area contributed by atoms with E-state index in [1.165, 1.54) is 6.08 Å². The average molecular weight is 442 g/mol. The molecule has 162 valence electrons. The fourth-order valence-electron chi connectivity index (χ4n) is 2.53. The van der Waals surface area contributed by atoms with E-state index >= 15 is 0 Å². The predicted molar refractivity (Wildman–Crippen MR) is 115 cm³/mol. The van der Waals surface area contributed by atoms with Crippen LogP contribution in [0.3, 0.4) is 0 Å². The lowest BCUT2D eigenvalue weighted by Crippen LogP contribution is -2.29. The van der Waals surface area contributed by atoms with Gasteiger partial charge >= 0.3 is 5.97 Å².